The summed E-state index contributed by atoms with van der Waals surface area (Å²) in [4.78, 5) is 0. The van der Waals surface area contributed by atoms with Crippen LogP contribution >= 0.6 is 0 Å². The summed E-state index contributed by atoms with van der Waals surface area (Å²) in [6.07, 6.45) is 1.01. The number of nitrogens with zero attached hydrogens (tertiary/aromatic N) is 2. The molecule has 73 valence electrons. The SMILES string of the molecule is CCc1[c]c2ccccc2n1N(C)C. The maximum absolute atomic E-state index is 3.42. The minimum Gasteiger partial charge on any atom is -0.319 e. The van der Waals surface area contributed by atoms with Crippen LogP contribution in [0.15, 0.2) is 24.3 Å². The molecule has 1 heterocycles. The Balaban J connectivity index is 2.74. The second-order valence-corrected chi connectivity index (χ2v) is 3.60. The molecule has 0 saturated carbocycles. The van der Waals surface area contributed by atoms with Gasteiger partial charge in [-0.25, -0.2) is 0 Å². The van der Waals surface area contributed by atoms with E-state index in [1.165, 1.54) is 16.6 Å². The van der Waals surface area contributed by atoms with E-state index >= 15 is 0 Å². The zero-order chi connectivity index (χ0) is 10.1. The molecule has 14 heavy (non-hydrogen) atoms. The highest BCUT2D eigenvalue weighted by atomic mass is 15.5. The van der Waals surface area contributed by atoms with E-state index < -0.39 is 0 Å². The average molecular weight is 187 g/mol. The number of fused-ring (bicyclic) bond motifs is 1. The highest BCUT2D eigenvalue weighted by Crippen LogP contribution is 2.18. The molecular weight excluding hydrogens is 172 g/mol. The summed E-state index contributed by atoms with van der Waals surface area (Å²) in [5.74, 6) is 0. The van der Waals surface area contributed by atoms with Gasteiger partial charge in [0.05, 0.1) is 5.52 Å². The molecule has 2 heteroatoms. The second-order valence-electron chi connectivity index (χ2n) is 3.60. The quantitative estimate of drug-likeness (QED) is 0.699. The molecule has 0 saturated heterocycles. The van der Waals surface area contributed by atoms with Gasteiger partial charge in [0.15, 0.2) is 0 Å². The van der Waals surface area contributed by atoms with E-state index in [-0.39, 0.29) is 0 Å². The van der Waals surface area contributed by atoms with Crippen molar-refractivity contribution in [2.24, 2.45) is 0 Å². The molecule has 0 unspecified atom stereocenters. The maximum atomic E-state index is 3.42. The van der Waals surface area contributed by atoms with Gasteiger partial charge >= 0.3 is 0 Å². The van der Waals surface area contributed by atoms with Crippen molar-refractivity contribution in [3.8, 4) is 0 Å². The van der Waals surface area contributed by atoms with Crippen LogP contribution in [-0.2, 0) is 6.42 Å². The Labute approximate surface area is 84.7 Å². The molecule has 0 N–H and O–H groups in total. The summed E-state index contributed by atoms with van der Waals surface area (Å²) in [6, 6.07) is 11.8. The van der Waals surface area contributed by atoms with E-state index in [0.717, 1.165) is 6.42 Å². The minimum atomic E-state index is 1.01. The lowest BCUT2D eigenvalue weighted by molar-refractivity contribution is 0.718. The van der Waals surface area contributed by atoms with E-state index in [1.807, 2.05) is 0 Å². The first-order valence-corrected chi connectivity index (χ1v) is 4.93. The molecular formula is C12H15N2. The largest absolute Gasteiger partial charge is 0.319 e. The molecule has 0 spiro atoms. The Morgan fingerprint density at radius 1 is 1.29 bits per heavy atom. The van der Waals surface area contributed by atoms with Crippen LogP contribution in [-0.4, -0.2) is 18.8 Å². The molecule has 0 aliphatic rings. The monoisotopic (exact) mass is 187 g/mol. The molecule has 0 aliphatic carbocycles. The lowest BCUT2D eigenvalue weighted by Crippen LogP contribution is -2.26. The molecule has 0 fully saturated rings. The molecule has 0 aliphatic heterocycles. The number of hydrogen-bond donors (Lipinski definition) is 0. The predicted octanol–water partition coefficient (Wildman–Crippen LogP) is 2.20. The number of aryl methyl sites for hydroxylation is 1. The van der Waals surface area contributed by atoms with Crippen LogP contribution in [0.1, 0.15) is 12.6 Å². The molecule has 2 rings (SSSR count). The summed E-state index contributed by atoms with van der Waals surface area (Å²) in [5.41, 5.74) is 2.46. The molecule has 0 atom stereocenters. The average Bonchev–Trinajstić information content (AvgIpc) is 2.55. The summed E-state index contributed by atoms with van der Waals surface area (Å²) >= 11 is 0. The number of rotatable bonds is 2. The van der Waals surface area contributed by atoms with Crippen molar-refractivity contribution in [1.82, 2.24) is 4.68 Å². The molecule has 1 aromatic heterocycles. The van der Waals surface area contributed by atoms with E-state index in [1.54, 1.807) is 0 Å². The summed E-state index contributed by atoms with van der Waals surface area (Å²) in [6.45, 7) is 2.16. The Kier molecular flexibility index (Phi) is 2.20. The van der Waals surface area contributed by atoms with Gasteiger partial charge in [-0.3, -0.25) is 4.68 Å². The van der Waals surface area contributed by atoms with Gasteiger partial charge in [0, 0.05) is 31.2 Å². The zero-order valence-electron chi connectivity index (χ0n) is 8.91. The third-order valence-corrected chi connectivity index (χ3v) is 2.40. The van der Waals surface area contributed by atoms with Crippen molar-refractivity contribution >= 4 is 10.9 Å². The van der Waals surface area contributed by atoms with Crippen LogP contribution in [0.3, 0.4) is 0 Å². The topological polar surface area (TPSA) is 8.17 Å². The van der Waals surface area contributed by atoms with Gasteiger partial charge < -0.3 is 5.01 Å². The van der Waals surface area contributed by atoms with Gasteiger partial charge in [-0.2, -0.15) is 0 Å². The van der Waals surface area contributed by atoms with Gasteiger partial charge in [-0.15, -0.1) is 0 Å². The zero-order valence-corrected chi connectivity index (χ0v) is 8.91. The predicted molar refractivity (Wildman–Crippen MR) is 60.2 cm³/mol. The van der Waals surface area contributed by atoms with Gasteiger partial charge in [-0.05, 0) is 12.5 Å². The Hall–Kier alpha value is -1.44. The van der Waals surface area contributed by atoms with Crippen molar-refractivity contribution in [3.63, 3.8) is 0 Å². The van der Waals surface area contributed by atoms with Crippen LogP contribution in [0.25, 0.3) is 10.9 Å². The second kappa shape index (κ2) is 3.37. The molecule has 0 bridgehead atoms. The van der Waals surface area contributed by atoms with E-state index in [0.29, 0.717) is 0 Å². The third kappa shape index (κ3) is 1.27. The van der Waals surface area contributed by atoms with Crippen LogP contribution in [0.2, 0.25) is 0 Å². The first-order chi connectivity index (χ1) is 6.74. The van der Waals surface area contributed by atoms with Crippen molar-refractivity contribution < 1.29 is 0 Å². The van der Waals surface area contributed by atoms with Gasteiger partial charge in [0.2, 0.25) is 0 Å². The molecule has 0 amide bonds. The number of para-hydroxylation sites is 1. The van der Waals surface area contributed by atoms with Crippen molar-refractivity contribution in [3.05, 3.63) is 36.0 Å². The highest BCUT2D eigenvalue weighted by molar-refractivity contribution is 5.80. The molecule has 1 radical (unpaired) electrons. The van der Waals surface area contributed by atoms with Gasteiger partial charge in [0.25, 0.3) is 0 Å². The van der Waals surface area contributed by atoms with Gasteiger partial charge in [0.1, 0.15) is 0 Å². The first kappa shape index (κ1) is 9.13. The fourth-order valence-corrected chi connectivity index (χ4v) is 1.81. The molecule has 2 aromatic rings. The number of hydrogen-bond acceptors (Lipinski definition) is 1. The Morgan fingerprint density at radius 2 is 2.00 bits per heavy atom. The fourth-order valence-electron chi connectivity index (χ4n) is 1.81. The van der Waals surface area contributed by atoms with E-state index in [2.05, 4.69) is 61.0 Å². The first-order valence-electron chi connectivity index (χ1n) is 4.93. The summed E-state index contributed by atoms with van der Waals surface area (Å²) in [7, 11) is 4.11. The molecule has 1 aromatic carbocycles. The Morgan fingerprint density at radius 3 is 2.64 bits per heavy atom. The maximum Gasteiger partial charge on any atom is 0.0704 e. The van der Waals surface area contributed by atoms with E-state index in [4.69, 9.17) is 0 Å². The van der Waals surface area contributed by atoms with E-state index in [9.17, 15) is 0 Å². The van der Waals surface area contributed by atoms with Crippen molar-refractivity contribution in [2.75, 3.05) is 19.1 Å². The van der Waals surface area contributed by atoms with Crippen LogP contribution < -0.4 is 5.01 Å². The minimum absolute atomic E-state index is 1.01. The lowest BCUT2D eigenvalue weighted by atomic mass is 10.2. The lowest BCUT2D eigenvalue weighted by Gasteiger charge is -2.18. The number of benzene rings is 1. The van der Waals surface area contributed by atoms with Crippen LogP contribution in [0, 0.1) is 6.07 Å². The normalized spacial score (nSPS) is 10.8. The Bertz CT molecular complexity index is 441. The summed E-state index contributed by atoms with van der Waals surface area (Å²) < 4.78 is 2.20. The van der Waals surface area contributed by atoms with Crippen molar-refractivity contribution in [1.29, 1.82) is 0 Å². The van der Waals surface area contributed by atoms with Crippen molar-refractivity contribution in [2.45, 2.75) is 13.3 Å². The summed E-state index contributed by atoms with van der Waals surface area (Å²) in [5, 5.41) is 3.29. The smallest absolute Gasteiger partial charge is 0.0704 e. The number of aromatic nitrogens is 1. The highest BCUT2D eigenvalue weighted by Gasteiger charge is 2.07. The standard InChI is InChI=1S/C12H15N2/c1-4-11-9-10-7-5-6-8-12(10)14(11)13(2)3/h5-8H,4H2,1-3H3. The molecule has 2 nitrogen and oxygen atoms in total. The van der Waals surface area contributed by atoms with Gasteiger partial charge in [-0.1, -0.05) is 25.1 Å². The van der Waals surface area contributed by atoms with Crippen LogP contribution in [0.4, 0.5) is 0 Å². The van der Waals surface area contributed by atoms with Crippen LogP contribution in [0.5, 0.6) is 0 Å². The fraction of sp³-hybridized carbons (Fsp3) is 0.333. The third-order valence-electron chi connectivity index (χ3n) is 2.40.